The average molecular weight is 188 g/mol. The number of rotatable bonds is 2. The smallest absolute Gasteiger partial charge is 0.164 e. The van der Waals surface area contributed by atoms with Crippen molar-refractivity contribution in [3.63, 3.8) is 0 Å². The predicted octanol–water partition coefficient (Wildman–Crippen LogP) is 2.41. The van der Waals surface area contributed by atoms with E-state index in [0.29, 0.717) is 6.42 Å². The van der Waals surface area contributed by atoms with Crippen molar-refractivity contribution < 1.29 is 9.53 Å². The molecule has 0 fully saturated rings. The van der Waals surface area contributed by atoms with Gasteiger partial charge in [-0.3, -0.25) is 4.79 Å². The molecule has 0 spiro atoms. The number of carbonyl (C=O) groups excluding carboxylic acids is 1. The van der Waals surface area contributed by atoms with Crippen LogP contribution in [0, 0.1) is 0 Å². The first-order chi connectivity index (χ1) is 6.73. The van der Waals surface area contributed by atoms with Crippen molar-refractivity contribution in [1.29, 1.82) is 0 Å². The summed E-state index contributed by atoms with van der Waals surface area (Å²) in [4.78, 5) is 10.7. The van der Waals surface area contributed by atoms with Gasteiger partial charge in [0.1, 0.15) is 5.76 Å². The number of aldehydes is 1. The molecule has 0 amide bonds. The number of hydrogen-bond donors (Lipinski definition) is 0. The van der Waals surface area contributed by atoms with Crippen LogP contribution in [0.15, 0.2) is 36.4 Å². The summed E-state index contributed by atoms with van der Waals surface area (Å²) in [5.74, 6) is 0.806. The van der Waals surface area contributed by atoms with Crippen LogP contribution in [0.4, 0.5) is 0 Å². The highest BCUT2D eigenvalue weighted by molar-refractivity contribution is 5.71. The largest absolute Gasteiger partial charge is 0.479 e. The molecule has 1 aromatic rings. The Hall–Kier alpha value is -1.57. The van der Waals surface area contributed by atoms with E-state index in [2.05, 4.69) is 0 Å². The minimum atomic E-state index is -0.662. The third-order valence-electron chi connectivity index (χ3n) is 2.34. The van der Waals surface area contributed by atoms with E-state index in [-0.39, 0.29) is 0 Å². The fourth-order valence-corrected chi connectivity index (χ4v) is 1.48. The molecule has 1 aliphatic heterocycles. The molecule has 0 N–H and O–H groups in total. The molecule has 0 aromatic heterocycles. The van der Waals surface area contributed by atoms with Gasteiger partial charge in [0, 0.05) is 12.0 Å². The monoisotopic (exact) mass is 188 g/mol. The zero-order valence-electron chi connectivity index (χ0n) is 8.07. The summed E-state index contributed by atoms with van der Waals surface area (Å²) in [6.07, 6.45) is 3.48. The Morgan fingerprint density at radius 1 is 1.36 bits per heavy atom. The zero-order valence-corrected chi connectivity index (χ0v) is 8.07. The summed E-state index contributed by atoms with van der Waals surface area (Å²) in [5.41, 5.74) is 0.364. The summed E-state index contributed by atoms with van der Waals surface area (Å²) in [5, 5.41) is 0. The quantitative estimate of drug-likeness (QED) is 0.666. The molecule has 1 atom stereocenters. The van der Waals surface area contributed by atoms with Gasteiger partial charge in [-0.15, -0.1) is 0 Å². The summed E-state index contributed by atoms with van der Waals surface area (Å²) in [6.45, 7) is 1.80. The molecule has 1 unspecified atom stereocenters. The van der Waals surface area contributed by atoms with Gasteiger partial charge in [0.2, 0.25) is 0 Å². The van der Waals surface area contributed by atoms with Gasteiger partial charge in [0.15, 0.2) is 11.9 Å². The third-order valence-corrected chi connectivity index (χ3v) is 2.34. The molecule has 1 heterocycles. The maximum absolute atomic E-state index is 10.7. The van der Waals surface area contributed by atoms with Gasteiger partial charge in [-0.25, -0.2) is 0 Å². The number of ether oxygens (including phenoxy) is 1. The second-order valence-electron chi connectivity index (χ2n) is 3.67. The van der Waals surface area contributed by atoms with Crippen molar-refractivity contribution in [2.24, 2.45) is 0 Å². The van der Waals surface area contributed by atoms with Gasteiger partial charge in [-0.2, -0.15) is 0 Å². The molecule has 0 saturated heterocycles. The van der Waals surface area contributed by atoms with Crippen molar-refractivity contribution in [3.8, 4) is 0 Å². The minimum Gasteiger partial charge on any atom is -0.479 e. The lowest BCUT2D eigenvalue weighted by molar-refractivity contribution is -0.120. The molecule has 14 heavy (non-hydrogen) atoms. The normalized spacial score (nSPS) is 25.4. The van der Waals surface area contributed by atoms with E-state index in [1.165, 1.54) is 0 Å². The SMILES string of the molecule is CC1(C=O)CC=C(c2ccccc2)O1. The fourth-order valence-electron chi connectivity index (χ4n) is 1.48. The zero-order chi connectivity index (χ0) is 10.0. The molecule has 2 heteroatoms. The molecular weight excluding hydrogens is 176 g/mol. The lowest BCUT2D eigenvalue weighted by Gasteiger charge is -2.18. The second-order valence-corrected chi connectivity index (χ2v) is 3.67. The highest BCUT2D eigenvalue weighted by Crippen LogP contribution is 2.31. The van der Waals surface area contributed by atoms with Gasteiger partial charge in [0.05, 0.1) is 0 Å². The van der Waals surface area contributed by atoms with Crippen LogP contribution in [-0.2, 0) is 9.53 Å². The molecule has 2 nitrogen and oxygen atoms in total. The Bertz CT molecular complexity index is 367. The summed E-state index contributed by atoms with van der Waals surface area (Å²) < 4.78 is 5.58. The first-order valence-corrected chi connectivity index (χ1v) is 4.64. The lowest BCUT2D eigenvalue weighted by atomic mass is 10.1. The van der Waals surface area contributed by atoms with E-state index in [1.54, 1.807) is 6.92 Å². The molecular formula is C12H12O2. The van der Waals surface area contributed by atoms with E-state index in [9.17, 15) is 4.79 Å². The Morgan fingerprint density at radius 2 is 2.07 bits per heavy atom. The molecule has 1 aliphatic rings. The van der Waals surface area contributed by atoms with Crippen molar-refractivity contribution >= 4 is 12.0 Å². The van der Waals surface area contributed by atoms with Gasteiger partial charge in [-0.1, -0.05) is 30.3 Å². The maximum Gasteiger partial charge on any atom is 0.164 e. The fraction of sp³-hybridized carbons (Fsp3) is 0.250. The van der Waals surface area contributed by atoms with Crippen LogP contribution in [-0.4, -0.2) is 11.9 Å². The molecule has 72 valence electrons. The lowest BCUT2D eigenvalue weighted by Crippen LogP contribution is -2.24. The summed E-state index contributed by atoms with van der Waals surface area (Å²) in [7, 11) is 0. The van der Waals surface area contributed by atoms with Crippen molar-refractivity contribution in [2.45, 2.75) is 18.9 Å². The van der Waals surface area contributed by atoms with E-state index in [4.69, 9.17) is 4.74 Å². The summed E-state index contributed by atoms with van der Waals surface area (Å²) in [6, 6.07) is 9.81. The maximum atomic E-state index is 10.7. The van der Waals surface area contributed by atoms with Crippen LogP contribution in [0.2, 0.25) is 0 Å². The van der Waals surface area contributed by atoms with E-state index < -0.39 is 5.60 Å². The third kappa shape index (κ3) is 1.55. The first-order valence-electron chi connectivity index (χ1n) is 4.64. The Balaban J connectivity index is 2.21. The predicted molar refractivity (Wildman–Crippen MR) is 54.6 cm³/mol. The molecule has 0 radical (unpaired) electrons. The van der Waals surface area contributed by atoms with Crippen LogP contribution in [0.1, 0.15) is 18.9 Å². The number of benzene rings is 1. The van der Waals surface area contributed by atoms with Gasteiger partial charge < -0.3 is 4.74 Å². The van der Waals surface area contributed by atoms with Crippen LogP contribution >= 0.6 is 0 Å². The minimum absolute atomic E-state index is 0.653. The molecule has 1 aromatic carbocycles. The highest BCUT2D eigenvalue weighted by atomic mass is 16.5. The second kappa shape index (κ2) is 3.29. The summed E-state index contributed by atoms with van der Waals surface area (Å²) >= 11 is 0. The Kier molecular flexibility index (Phi) is 2.12. The van der Waals surface area contributed by atoms with E-state index in [1.807, 2.05) is 36.4 Å². The number of carbonyl (C=O) groups is 1. The molecule has 0 aliphatic carbocycles. The van der Waals surface area contributed by atoms with Crippen molar-refractivity contribution in [3.05, 3.63) is 42.0 Å². The van der Waals surface area contributed by atoms with Crippen molar-refractivity contribution in [2.75, 3.05) is 0 Å². The van der Waals surface area contributed by atoms with Crippen LogP contribution < -0.4 is 0 Å². The number of hydrogen-bond acceptors (Lipinski definition) is 2. The Labute approximate surface area is 83.2 Å². The topological polar surface area (TPSA) is 26.3 Å². The van der Waals surface area contributed by atoms with Crippen LogP contribution in [0.25, 0.3) is 5.76 Å². The molecule has 0 saturated carbocycles. The van der Waals surface area contributed by atoms with Gasteiger partial charge >= 0.3 is 0 Å². The average Bonchev–Trinajstić information content (AvgIpc) is 2.63. The first kappa shape index (κ1) is 9.00. The Morgan fingerprint density at radius 3 is 2.64 bits per heavy atom. The highest BCUT2D eigenvalue weighted by Gasteiger charge is 2.31. The molecule has 2 rings (SSSR count). The van der Waals surface area contributed by atoms with Gasteiger partial charge in [-0.05, 0) is 13.0 Å². The standard InChI is InChI=1S/C12H12O2/c1-12(9-13)8-7-11(14-12)10-5-3-2-4-6-10/h2-7,9H,8H2,1H3. The van der Waals surface area contributed by atoms with Crippen molar-refractivity contribution in [1.82, 2.24) is 0 Å². The van der Waals surface area contributed by atoms with Crippen LogP contribution in [0.3, 0.4) is 0 Å². The molecule has 0 bridgehead atoms. The van der Waals surface area contributed by atoms with E-state index >= 15 is 0 Å². The van der Waals surface area contributed by atoms with E-state index in [0.717, 1.165) is 17.6 Å². The van der Waals surface area contributed by atoms with Crippen LogP contribution in [0.5, 0.6) is 0 Å². The van der Waals surface area contributed by atoms with Gasteiger partial charge in [0.25, 0.3) is 0 Å².